The van der Waals surface area contributed by atoms with Crippen LogP contribution in [-0.2, 0) is 12.8 Å². The molecule has 172 valence electrons. The fraction of sp³-hybridized carbons (Fsp3) is 0.269. The van der Waals surface area contributed by atoms with Crippen LogP contribution in [0.15, 0.2) is 72.8 Å². The van der Waals surface area contributed by atoms with Crippen molar-refractivity contribution in [2.45, 2.75) is 38.7 Å². The maximum absolute atomic E-state index is 13.0. The molecule has 4 nitrogen and oxygen atoms in total. The Balaban J connectivity index is 1.60. The normalized spacial score (nSPS) is 14.0. The summed E-state index contributed by atoms with van der Waals surface area (Å²) in [6.07, 6.45) is -3.42. The fourth-order valence-electron chi connectivity index (χ4n) is 4.00. The summed E-state index contributed by atoms with van der Waals surface area (Å²) in [5.41, 5.74) is 1.62. The number of benzene rings is 3. The highest BCUT2D eigenvalue weighted by molar-refractivity contribution is 5.91. The molecule has 3 aromatic carbocycles. The third kappa shape index (κ3) is 5.48. The highest BCUT2D eigenvalue weighted by atomic mass is 19.4. The lowest BCUT2D eigenvalue weighted by Gasteiger charge is -2.33. The first-order valence-electron chi connectivity index (χ1n) is 10.5. The van der Waals surface area contributed by atoms with E-state index >= 15 is 0 Å². The van der Waals surface area contributed by atoms with Gasteiger partial charge in [-0.2, -0.15) is 0 Å². The van der Waals surface area contributed by atoms with Gasteiger partial charge in [0.05, 0.1) is 5.56 Å². The summed E-state index contributed by atoms with van der Waals surface area (Å²) in [6.45, 7) is 3.66. The molecule has 0 atom stereocenters. The number of halogens is 3. The molecule has 33 heavy (non-hydrogen) atoms. The summed E-state index contributed by atoms with van der Waals surface area (Å²) in [6, 6.07) is 20.0. The molecule has 1 aliphatic carbocycles. The average Bonchev–Trinajstić information content (AvgIpc) is 3.20. The first-order valence-corrected chi connectivity index (χ1v) is 10.5. The van der Waals surface area contributed by atoms with Gasteiger partial charge in [0.2, 0.25) is 0 Å². The molecule has 0 saturated carbocycles. The Morgan fingerprint density at radius 1 is 0.818 bits per heavy atom. The van der Waals surface area contributed by atoms with Gasteiger partial charge in [-0.15, -0.1) is 13.2 Å². The number of hydrogen-bond donors (Lipinski definition) is 0. The molecule has 1 aliphatic rings. The van der Waals surface area contributed by atoms with Crippen LogP contribution in [0.3, 0.4) is 0 Å². The maximum atomic E-state index is 13.0. The van der Waals surface area contributed by atoms with Crippen LogP contribution in [0.5, 0.6) is 17.2 Å². The van der Waals surface area contributed by atoms with Crippen LogP contribution in [0.1, 0.15) is 35.3 Å². The Bertz CT molecular complexity index is 1110. The van der Waals surface area contributed by atoms with Crippen molar-refractivity contribution in [3.8, 4) is 17.2 Å². The SMILES string of the molecule is CC(C)(Oc1cc(C(=O)Oc2ccccc2)ccc1OC(F)(F)F)C1Cc2ccccc2C1. The molecule has 7 heteroatoms. The largest absolute Gasteiger partial charge is 0.573 e. The van der Waals surface area contributed by atoms with E-state index < -0.39 is 23.7 Å². The Labute approximate surface area is 189 Å². The van der Waals surface area contributed by atoms with Gasteiger partial charge in [-0.1, -0.05) is 42.5 Å². The highest BCUT2D eigenvalue weighted by Crippen LogP contribution is 2.40. The van der Waals surface area contributed by atoms with Crippen molar-refractivity contribution in [2.24, 2.45) is 5.92 Å². The first-order chi connectivity index (χ1) is 15.6. The zero-order valence-corrected chi connectivity index (χ0v) is 18.2. The minimum atomic E-state index is -4.90. The van der Waals surface area contributed by atoms with Gasteiger partial charge in [-0.05, 0) is 68.1 Å². The fourth-order valence-corrected chi connectivity index (χ4v) is 4.00. The molecule has 0 fully saturated rings. The van der Waals surface area contributed by atoms with Gasteiger partial charge in [0, 0.05) is 5.92 Å². The van der Waals surface area contributed by atoms with E-state index in [1.54, 1.807) is 30.3 Å². The van der Waals surface area contributed by atoms with Gasteiger partial charge in [0.25, 0.3) is 0 Å². The van der Waals surface area contributed by atoms with Crippen molar-refractivity contribution in [1.29, 1.82) is 0 Å². The molecule has 0 spiro atoms. The van der Waals surface area contributed by atoms with E-state index in [4.69, 9.17) is 9.47 Å². The zero-order valence-electron chi connectivity index (χ0n) is 18.2. The number of para-hydroxylation sites is 1. The van der Waals surface area contributed by atoms with Crippen molar-refractivity contribution in [3.63, 3.8) is 0 Å². The molecular weight excluding hydrogens is 433 g/mol. The molecule has 0 aliphatic heterocycles. The van der Waals surface area contributed by atoms with Gasteiger partial charge in [-0.25, -0.2) is 4.79 Å². The van der Waals surface area contributed by atoms with Gasteiger partial charge < -0.3 is 14.2 Å². The van der Waals surface area contributed by atoms with Crippen LogP contribution in [0, 0.1) is 5.92 Å². The second kappa shape index (κ2) is 8.81. The van der Waals surface area contributed by atoms with Crippen LogP contribution in [0.25, 0.3) is 0 Å². The van der Waals surface area contributed by atoms with E-state index in [9.17, 15) is 18.0 Å². The minimum absolute atomic E-state index is 0.0357. The quantitative estimate of drug-likeness (QED) is 0.319. The third-order valence-electron chi connectivity index (χ3n) is 5.77. The van der Waals surface area contributed by atoms with E-state index in [1.807, 2.05) is 38.1 Å². The summed E-state index contributed by atoms with van der Waals surface area (Å²) in [4.78, 5) is 12.6. The predicted octanol–water partition coefficient (Wildman–Crippen LogP) is 6.38. The molecule has 0 heterocycles. The molecule has 0 radical (unpaired) electrons. The maximum Gasteiger partial charge on any atom is 0.573 e. The summed E-state index contributed by atoms with van der Waals surface area (Å²) in [5, 5.41) is 0. The summed E-state index contributed by atoms with van der Waals surface area (Å²) < 4.78 is 54.6. The van der Waals surface area contributed by atoms with Crippen LogP contribution in [0.4, 0.5) is 13.2 Å². The Hall–Kier alpha value is -3.48. The van der Waals surface area contributed by atoms with Crippen LogP contribution >= 0.6 is 0 Å². The number of carbonyl (C=O) groups is 1. The highest BCUT2D eigenvalue weighted by Gasteiger charge is 2.38. The van der Waals surface area contributed by atoms with Gasteiger partial charge in [0.1, 0.15) is 11.4 Å². The number of carbonyl (C=O) groups excluding carboxylic acids is 1. The predicted molar refractivity (Wildman–Crippen MR) is 117 cm³/mol. The van der Waals surface area contributed by atoms with Crippen molar-refractivity contribution in [2.75, 3.05) is 0 Å². The summed E-state index contributed by atoms with van der Waals surface area (Å²) >= 11 is 0. The topological polar surface area (TPSA) is 44.8 Å². The van der Waals surface area contributed by atoms with Crippen LogP contribution < -0.4 is 14.2 Å². The minimum Gasteiger partial charge on any atom is -0.484 e. The monoisotopic (exact) mass is 456 g/mol. The molecular formula is C26H23F3O4. The molecule has 0 aromatic heterocycles. The number of ether oxygens (including phenoxy) is 3. The Kier molecular flexibility index (Phi) is 6.06. The van der Waals surface area contributed by atoms with E-state index in [2.05, 4.69) is 4.74 Å². The molecule has 0 bridgehead atoms. The molecule has 4 rings (SSSR count). The number of esters is 1. The third-order valence-corrected chi connectivity index (χ3v) is 5.77. The van der Waals surface area contributed by atoms with Gasteiger partial charge in [0.15, 0.2) is 11.5 Å². The molecule has 0 saturated heterocycles. The van der Waals surface area contributed by atoms with Crippen molar-refractivity contribution in [1.82, 2.24) is 0 Å². The second-order valence-electron chi connectivity index (χ2n) is 8.49. The number of alkyl halides is 3. The van der Waals surface area contributed by atoms with E-state index in [0.717, 1.165) is 18.9 Å². The standard InChI is InChI=1S/C26H23F3O4/c1-25(2,20-14-17-8-6-7-9-18(17)15-20)32-23-16-19(12-13-22(23)33-26(27,28)29)24(30)31-21-10-4-3-5-11-21/h3-13,16,20H,14-15H2,1-2H3. The number of hydrogen-bond acceptors (Lipinski definition) is 4. The zero-order chi connectivity index (χ0) is 23.6. The lowest BCUT2D eigenvalue weighted by Crippen LogP contribution is -2.38. The van der Waals surface area contributed by atoms with Crippen LogP contribution in [0.2, 0.25) is 0 Å². The second-order valence-corrected chi connectivity index (χ2v) is 8.49. The number of rotatable bonds is 6. The number of fused-ring (bicyclic) bond motifs is 1. The average molecular weight is 456 g/mol. The first kappa shape index (κ1) is 22.7. The summed E-state index contributed by atoms with van der Waals surface area (Å²) in [5.74, 6) is -1.04. The Morgan fingerprint density at radius 3 is 2.03 bits per heavy atom. The van der Waals surface area contributed by atoms with Crippen LogP contribution in [-0.4, -0.2) is 17.9 Å². The van der Waals surface area contributed by atoms with Crippen molar-refractivity contribution in [3.05, 3.63) is 89.5 Å². The molecule has 0 N–H and O–H groups in total. The lowest BCUT2D eigenvalue weighted by atomic mass is 9.88. The molecule has 0 unspecified atom stereocenters. The van der Waals surface area contributed by atoms with E-state index in [0.29, 0.717) is 5.75 Å². The lowest BCUT2D eigenvalue weighted by molar-refractivity contribution is -0.275. The smallest absolute Gasteiger partial charge is 0.484 e. The van der Waals surface area contributed by atoms with Gasteiger partial charge in [-0.3, -0.25) is 0 Å². The Morgan fingerprint density at radius 2 is 1.42 bits per heavy atom. The molecule has 3 aromatic rings. The van der Waals surface area contributed by atoms with Crippen molar-refractivity contribution >= 4 is 5.97 Å². The van der Waals surface area contributed by atoms with Crippen molar-refractivity contribution < 1.29 is 32.2 Å². The van der Waals surface area contributed by atoms with E-state index in [-0.39, 0.29) is 17.2 Å². The summed E-state index contributed by atoms with van der Waals surface area (Å²) in [7, 11) is 0. The van der Waals surface area contributed by atoms with E-state index in [1.165, 1.54) is 23.3 Å². The van der Waals surface area contributed by atoms with Gasteiger partial charge >= 0.3 is 12.3 Å². The molecule has 0 amide bonds.